The fourth-order valence-electron chi connectivity index (χ4n) is 6.15. The Morgan fingerprint density at radius 2 is 1.76 bits per heavy atom. The van der Waals surface area contributed by atoms with Crippen molar-refractivity contribution in [1.82, 2.24) is 24.9 Å². The van der Waals surface area contributed by atoms with E-state index in [1.807, 2.05) is 59.3 Å². The van der Waals surface area contributed by atoms with Crippen LogP contribution in [0.1, 0.15) is 68.1 Å². The lowest BCUT2D eigenvalue weighted by atomic mass is 9.98. The summed E-state index contributed by atoms with van der Waals surface area (Å²) in [5, 5.41) is 28.3. The van der Waals surface area contributed by atoms with Crippen molar-refractivity contribution in [3.63, 3.8) is 0 Å². The molecule has 6 rings (SSSR count). The van der Waals surface area contributed by atoms with E-state index in [0.29, 0.717) is 39.4 Å². The number of nitriles is 1. The third kappa shape index (κ3) is 7.13. The molecule has 0 aliphatic carbocycles. The lowest BCUT2D eigenvalue weighted by Crippen LogP contribution is -2.46. The molecule has 3 aromatic carbocycles. The van der Waals surface area contributed by atoms with Crippen LogP contribution in [0.3, 0.4) is 0 Å². The Kier molecular flexibility index (Phi) is 9.46. The third-order valence-corrected chi connectivity index (χ3v) is 9.27. The number of anilines is 2. The summed E-state index contributed by atoms with van der Waals surface area (Å²) < 4.78 is 2.02. The molecule has 3 heterocycles. The quantitative estimate of drug-likeness (QED) is 0.165. The zero-order valence-corrected chi connectivity index (χ0v) is 27.9. The first kappa shape index (κ1) is 31.8. The van der Waals surface area contributed by atoms with Gasteiger partial charge in [0.25, 0.3) is 0 Å². The van der Waals surface area contributed by atoms with Crippen molar-refractivity contribution < 1.29 is 0 Å². The smallest absolute Gasteiger partial charge is 0.109 e. The molecule has 0 saturated carbocycles. The fourth-order valence-corrected chi connectivity index (χ4v) is 6.54. The van der Waals surface area contributed by atoms with Crippen molar-refractivity contribution in [3.05, 3.63) is 112 Å². The Bertz CT molecular complexity index is 1830. The van der Waals surface area contributed by atoms with Gasteiger partial charge in [-0.2, -0.15) is 5.26 Å². The van der Waals surface area contributed by atoms with E-state index < -0.39 is 0 Å². The van der Waals surface area contributed by atoms with Gasteiger partial charge in [0.15, 0.2) is 0 Å². The maximum absolute atomic E-state index is 9.95. The van der Waals surface area contributed by atoms with Gasteiger partial charge in [0.1, 0.15) is 11.8 Å². The first-order valence-corrected chi connectivity index (χ1v) is 16.4. The van der Waals surface area contributed by atoms with Crippen molar-refractivity contribution in [3.8, 4) is 6.07 Å². The van der Waals surface area contributed by atoms with Crippen LogP contribution in [-0.2, 0) is 6.42 Å². The molecule has 2 aromatic heterocycles. The molecule has 1 unspecified atom stereocenters. The second-order valence-electron chi connectivity index (χ2n) is 12.8. The average molecular weight is 654 g/mol. The predicted molar refractivity (Wildman–Crippen MR) is 187 cm³/mol. The average Bonchev–Trinajstić information content (AvgIpc) is 3.55. The molecule has 1 saturated heterocycles. The number of pyridine rings is 1. The molecular weight excluding hydrogens is 615 g/mol. The molecule has 0 amide bonds. The number of piperidine rings is 1. The van der Waals surface area contributed by atoms with E-state index in [1.165, 1.54) is 5.56 Å². The summed E-state index contributed by atoms with van der Waals surface area (Å²) >= 11 is 13.1. The van der Waals surface area contributed by atoms with E-state index in [2.05, 4.69) is 76.0 Å². The molecular formula is C36H38Cl2N8. The summed E-state index contributed by atoms with van der Waals surface area (Å²) in [6, 6.07) is 24.1. The molecule has 5 aromatic rings. The van der Waals surface area contributed by atoms with Crippen LogP contribution in [0.2, 0.25) is 10.0 Å². The first-order chi connectivity index (χ1) is 22.2. The number of hydrogen-bond acceptors (Lipinski definition) is 7. The summed E-state index contributed by atoms with van der Waals surface area (Å²) in [7, 11) is 0. The number of benzene rings is 3. The van der Waals surface area contributed by atoms with E-state index in [4.69, 9.17) is 23.2 Å². The van der Waals surface area contributed by atoms with Crippen LogP contribution < -0.4 is 10.6 Å². The Morgan fingerprint density at radius 3 is 2.46 bits per heavy atom. The van der Waals surface area contributed by atoms with Crippen LogP contribution in [-0.4, -0.2) is 50.1 Å². The molecule has 1 aliphatic heterocycles. The van der Waals surface area contributed by atoms with Crippen molar-refractivity contribution in [2.24, 2.45) is 0 Å². The predicted octanol–water partition coefficient (Wildman–Crippen LogP) is 8.30. The lowest BCUT2D eigenvalue weighted by molar-refractivity contribution is 0.0866. The van der Waals surface area contributed by atoms with Gasteiger partial charge in [-0.05, 0) is 75.4 Å². The van der Waals surface area contributed by atoms with Gasteiger partial charge < -0.3 is 10.6 Å². The first-order valence-electron chi connectivity index (χ1n) is 15.7. The van der Waals surface area contributed by atoms with E-state index in [0.717, 1.165) is 54.7 Å². The van der Waals surface area contributed by atoms with E-state index in [-0.39, 0.29) is 11.6 Å². The molecule has 0 spiro atoms. The standard InChI is InChI=1S/C36H38Cl2N8/c1-36(2,3)45-17-14-29(15-18-45)46-23-32(43-44-46)34(25-9-11-27(37)12-10-25)42-28-19-30-33(40-16-13-24-7-5-4-6-8-24)26(21-39)22-41-35(30)31(38)20-28/h4-12,19-20,22-23,29,34,42H,13-18H2,1-3H3,(H,40,41). The van der Waals surface area contributed by atoms with Crippen LogP contribution >= 0.6 is 23.2 Å². The maximum atomic E-state index is 9.95. The zero-order chi connectivity index (χ0) is 32.3. The number of nitrogens with one attached hydrogen (secondary N) is 2. The van der Waals surface area contributed by atoms with Crippen molar-refractivity contribution >= 4 is 45.5 Å². The minimum Gasteiger partial charge on any atom is -0.383 e. The highest BCUT2D eigenvalue weighted by molar-refractivity contribution is 6.36. The molecule has 8 nitrogen and oxygen atoms in total. The number of rotatable bonds is 9. The van der Waals surface area contributed by atoms with Gasteiger partial charge in [-0.3, -0.25) is 9.88 Å². The lowest BCUT2D eigenvalue weighted by Gasteiger charge is -2.40. The van der Waals surface area contributed by atoms with Crippen LogP contribution in [0.25, 0.3) is 10.9 Å². The van der Waals surface area contributed by atoms with Crippen LogP contribution in [0.15, 0.2) is 79.1 Å². The van der Waals surface area contributed by atoms with Crippen molar-refractivity contribution in [2.45, 2.75) is 57.7 Å². The summed E-state index contributed by atoms with van der Waals surface area (Å²) in [5.74, 6) is 0. The molecule has 0 radical (unpaired) electrons. The molecule has 236 valence electrons. The number of halogens is 2. The van der Waals surface area contributed by atoms with Gasteiger partial charge in [-0.25, -0.2) is 4.68 Å². The zero-order valence-electron chi connectivity index (χ0n) is 26.3. The Labute approximate surface area is 280 Å². The number of fused-ring (bicyclic) bond motifs is 1. The van der Waals surface area contributed by atoms with Gasteiger partial charge in [0.05, 0.1) is 40.1 Å². The van der Waals surface area contributed by atoms with E-state index >= 15 is 0 Å². The molecule has 1 atom stereocenters. The molecule has 46 heavy (non-hydrogen) atoms. The van der Waals surface area contributed by atoms with Gasteiger partial charge in [0.2, 0.25) is 0 Å². The van der Waals surface area contributed by atoms with Gasteiger partial charge in [-0.1, -0.05) is 70.9 Å². The SMILES string of the molecule is CC(C)(C)N1CCC(n2cc(C(Nc3cc(Cl)c4ncc(C#N)c(NCCc5ccccc5)c4c3)c3ccc(Cl)cc3)nn2)CC1. The second-order valence-corrected chi connectivity index (χ2v) is 13.7. The normalized spacial score (nSPS) is 15.0. The van der Waals surface area contributed by atoms with Gasteiger partial charge >= 0.3 is 0 Å². The van der Waals surface area contributed by atoms with E-state index in [9.17, 15) is 5.26 Å². The van der Waals surface area contributed by atoms with Gasteiger partial charge in [-0.15, -0.1) is 5.10 Å². The second kappa shape index (κ2) is 13.7. The largest absolute Gasteiger partial charge is 0.383 e. The molecule has 1 aliphatic rings. The van der Waals surface area contributed by atoms with E-state index in [1.54, 1.807) is 6.20 Å². The Morgan fingerprint density at radius 1 is 1.02 bits per heavy atom. The Hall–Kier alpha value is -4.16. The highest BCUT2D eigenvalue weighted by atomic mass is 35.5. The highest BCUT2D eigenvalue weighted by Gasteiger charge is 2.29. The molecule has 2 N–H and O–H groups in total. The summed E-state index contributed by atoms with van der Waals surface area (Å²) in [4.78, 5) is 7.06. The minimum absolute atomic E-state index is 0.157. The number of likely N-dealkylation sites (tertiary alicyclic amines) is 1. The third-order valence-electron chi connectivity index (χ3n) is 8.73. The molecule has 10 heteroatoms. The van der Waals surface area contributed by atoms with Crippen molar-refractivity contribution in [2.75, 3.05) is 30.3 Å². The number of aromatic nitrogens is 4. The van der Waals surface area contributed by atoms with Crippen LogP contribution in [0.5, 0.6) is 0 Å². The molecule has 1 fully saturated rings. The number of hydrogen-bond donors (Lipinski definition) is 2. The summed E-state index contributed by atoms with van der Waals surface area (Å²) in [5.41, 5.74) is 5.72. The van der Waals surface area contributed by atoms with Crippen LogP contribution in [0, 0.1) is 11.3 Å². The van der Waals surface area contributed by atoms with Gasteiger partial charge in [0, 0.05) is 47.5 Å². The summed E-state index contributed by atoms with van der Waals surface area (Å²) in [6.07, 6.45) is 6.48. The van der Waals surface area contributed by atoms with Crippen molar-refractivity contribution in [1.29, 1.82) is 5.26 Å². The Balaban J connectivity index is 1.30. The minimum atomic E-state index is -0.323. The van der Waals surface area contributed by atoms with Crippen LogP contribution in [0.4, 0.5) is 11.4 Å². The molecule has 0 bridgehead atoms. The highest BCUT2D eigenvalue weighted by Crippen LogP contribution is 2.36. The summed E-state index contributed by atoms with van der Waals surface area (Å²) in [6.45, 7) is 9.50. The topological polar surface area (TPSA) is 94.7 Å². The monoisotopic (exact) mass is 652 g/mol. The number of nitrogens with zero attached hydrogens (tertiary/aromatic N) is 6. The fraction of sp³-hybridized carbons (Fsp3) is 0.333. The maximum Gasteiger partial charge on any atom is 0.109 e.